The van der Waals surface area contributed by atoms with Gasteiger partial charge >= 0.3 is 0 Å². The van der Waals surface area contributed by atoms with Crippen molar-refractivity contribution >= 4 is 17.7 Å². The number of nitrogens with zero attached hydrogens (tertiary/aromatic N) is 5. The van der Waals surface area contributed by atoms with E-state index in [-0.39, 0.29) is 0 Å². The largest absolute Gasteiger partial charge is 0.356 e. The van der Waals surface area contributed by atoms with Crippen molar-refractivity contribution in [3.8, 4) is 0 Å². The van der Waals surface area contributed by atoms with Crippen LogP contribution in [0.25, 0.3) is 0 Å². The number of thioether (sulfide) groups is 1. The molecule has 1 saturated carbocycles. The van der Waals surface area contributed by atoms with Crippen molar-refractivity contribution in [2.24, 2.45) is 16.3 Å². The summed E-state index contributed by atoms with van der Waals surface area (Å²) in [5.41, 5.74) is 0.582. The predicted molar refractivity (Wildman–Crippen MR) is 113 cm³/mol. The van der Waals surface area contributed by atoms with Crippen LogP contribution in [0.3, 0.4) is 0 Å². The Morgan fingerprint density at radius 3 is 2.70 bits per heavy atom. The van der Waals surface area contributed by atoms with Crippen molar-refractivity contribution in [2.45, 2.75) is 70.5 Å². The molecule has 7 heteroatoms. The lowest BCUT2D eigenvalue weighted by molar-refractivity contribution is 0.309. The zero-order chi connectivity index (χ0) is 19.3. The fourth-order valence-corrected chi connectivity index (χ4v) is 5.15. The summed E-state index contributed by atoms with van der Waals surface area (Å²) in [4.78, 5) is 7.01. The second-order valence-corrected chi connectivity index (χ2v) is 9.34. The van der Waals surface area contributed by atoms with Crippen LogP contribution < -0.4 is 5.32 Å². The Hall–Kier alpha value is -1.24. The molecule has 1 aromatic heterocycles. The highest BCUT2D eigenvalue weighted by Gasteiger charge is 2.40. The molecule has 1 saturated heterocycles. The van der Waals surface area contributed by atoms with Gasteiger partial charge in [0.1, 0.15) is 5.82 Å². The Morgan fingerprint density at radius 2 is 2.04 bits per heavy atom. The van der Waals surface area contributed by atoms with Crippen LogP contribution >= 0.6 is 11.8 Å². The molecule has 2 heterocycles. The average Bonchev–Trinajstić information content (AvgIpc) is 3.37. The SMILES string of the molecule is CN=C(NCCCc1nnc(SC)n1CC(C)C)N1CCC2(CCCC2)C1. The minimum atomic E-state index is 0.582. The number of aliphatic imine (C=N–C) groups is 1. The van der Waals surface area contributed by atoms with Crippen molar-refractivity contribution in [1.29, 1.82) is 0 Å². The molecule has 0 radical (unpaired) electrons. The number of nitrogens with one attached hydrogen (secondary N) is 1. The highest BCUT2D eigenvalue weighted by Crippen LogP contribution is 2.45. The van der Waals surface area contributed by atoms with Gasteiger partial charge in [-0.15, -0.1) is 10.2 Å². The summed E-state index contributed by atoms with van der Waals surface area (Å²) in [6, 6.07) is 0. The lowest BCUT2D eigenvalue weighted by atomic mass is 9.86. The number of aryl methyl sites for hydroxylation is 1. The standard InChI is InChI=1S/C20H36N6S/c1-16(2)14-26-17(23-24-19(26)27-4)8-7-12-22-18(21-3)25-13-11-20(15-25)9-5-6-10-20/h16H,5-15H2,1-4H3,(H,21,22). The molecule has 3 rings (SSSR count). The summed E-state index contributed by atoms with van der Waals surface area (Å²) < 4.78 is 2.29. The molecule has 2 aliphatic rings. The molecule has 152 valence electrons. The molecule has 0 bridgehead atoms. The number of rotatable bonds is 7. The fourth-order valence-electron chi connectivity index (χ4n) is 4.63. The second kappa shape index (κ2) is 9.30. The number of guanidine groups is 1. The van der Waals surface area contributed by atoms with Crippen LogP contribution in [0.5, 0.6) is 0 Å². The van der Waals surface area contributed by atoms with Gasteiger partial charge in [-0.05, 0) is 43.3 Å². The molecule has 2 fully saturated rings. The van der Waals surface area contributed by atoms with Crippen molar-refractivity contribution in [1.82, 2.24) is 25.0 Å². The Morgan fingerprint density at radius 1 is 1.26 bits per heavy atom. The van der Waals surface area contributed by atoms with E-state index >= 15 is 0 Å². The first-order valence-corrected chi connectivity index (χ1v) is 11.7. The number of hydrogen-bond donors (Lipinski definition) is 1. The van der Waals surface area contributed by atoms with E-state index in [1.54, 1.807) is 11.8 Å². The molecule has 0 amide bonds. The van der Waals surface area contributed by atoms with Crippen LogP contribution in [0.4, 0.5) is 0 Å². The molecule has 0 aromatic carbocycles. The molecule has 1 aliphatic carbocycles. The summed E-state index contributed by atoms with van der Waals surface area (Å²) >= 11 is 1.68. The maximum Gasteiger partial charge on any atom is 0.193 e. The van der Waals surface area contributed by atoms with Gasteiger partial charge < -0.3 is 14.8 Å². The highest BCUT2D eigenvalue weighted by molar-refractivity contribution is 7.98. The van der Waals surface area contributed by atoms with E-state index in [0.717, 1.165) is 49.4 Å². The van der Waals surface area contributed by atoms with Crippen LogP contribution in [0.1, 0.15) is 58.2 Å². The summed E-state index contributed by atoms with van der Waals surface area (Å²) in [7, 11) is 1.91. The van der Waals surface area contributed by atoms with E-state index in [4.69, 9.17) is 0 Å². The third-order valence-corrected chi connectivity index (χ3v) is 6.67. The zero-order valence-electron chi connectivity index (χ0n) is 17.5. The van der Waals surface area contributed by atoms with Crippen molar-refractivity contribution in [3.05, 3.63) is 5.82 Å². The predicted octanol–water partition coefficient (Wildman–Crippen LogP) is 3.43. The molecule has 1 N–H and O–H groups in total. The first-order valence-electron chi connectivity index (χ1n) is 10.5. The summed E-state index contributed by atoms with van der Waals surface area (Å²) in [5, 5.41) is 13.4. The Balaban J connectivity index is 1.47. The normalized spacial score (nSPS) is 19.6. The summed E-state index contributed by atoms with van der Waals surface area (Å²) in [6.45, 7) is 8.74. The first kappa shape index (κ1) is 20.5. The minimum Gasteiger partial charge on any atom is -0.356 e. The molecule has 6 nitrogen and oxygen atoms in total. The van der Waals surface area contributed by atoms with E-state index in [1.165, 1.54) is 38.6 Å². The smallest absolute Gasteiger partial charge is 0.193 e. The zero-order valence-corrected chi connectivity index (χ0v) is 18.3. The van der Waals surface area contributed by atoms with Crippen molar-refractivity contribution in [2.75, 3.05) is 32.9 Å². The van der Waals surface area contributed by atoms with Crippen LogP contribution in [-0.4, -0.2) is 58.6 Å². The summed E-state index contributed by atoms with van der Waals surface area (Å²) in [6.07, 6.45) is 11.0. The second-order valence-electron chi connectivity index (χ2n) is 8.56. The van der Waals surface area contributed by atoms with Crippen LogP contribution in [-0.2, 0) is 13.0 Å². The van der Waals surface area contributed by atoms with Gasteiger partial charge in [0.05, 0.1) is 0 Å². The van der Waals surface area contributed by atoms with Gasteiger partial charge in [-0.2, -0.15) is 0 Å². The van der Waals surface area contributed by atoms with E-state index in [2.05, 4.69) is 50.1 Å². The van der Waals surface area contributed by atoms with E-state index in [0.29, 0.717) is 11.3 Å². The van der Waals surface area contributed by atoms with Gasteiger partial charge in [-0.1, -0.05) is 38.5 Å². The van der Waals surface area contributed by atoms with Gasteiger partial charge in [-0.25, -0.2) is 0 Å². The van der Waals surface area contributed by atoms with E-state index < -0.39 is 0 Å². The van der Waals surface area contributed by atoms with E-state index in [1.807, 2.05) is 7.05 Å². The molecular formula is C20H36N6S. The Kier molecular flexibility index (Phi) is 7.06. The van der Waals surface area contributed by atoms with Gasteiger partial charge in [0.15, 0.2) is 11.1 Å². The quantitative estimate of drug-likeness (QED) is 0.333. The van der Waals surface area contributed by atoms with Crippen LogP contribution in [0, 0.1) is 11.3 Å². The number of aromatic nitrogens is 3. The molecule has 1 aromatic rings. The third kappa shape index (κ3) is 4.98. The lowest BCUT2D eigenvalue weighted by Gasteiger charge is -2.25. The maximum absolute atomic E-state index is 4.54. The monoisotopic (exact) mass is 392 g/mol. The van der Waals surface area contributed by atoms with Gasteiger partial charge in [-0.3, -0.25) is 4.99 Å². The fraction of sp³-hybridized carbons (Fsp3) is 0.850. The van der Waals surface area contributed by atoms with Gasteiger partial charge in [0.25, 0.3) is 0 Å². The minimum absolute atomic E-state index is 0.582. The number of hydrogen-bond acceptors (Lipinski definition) is 4. The molecule has 27 heavy (non-hydrogen) atoms. The average molecular weight is 393 g/mol. The molecule has 1 spiro atoms. The Bertz CT molecular complexity index is 632. The van der Waals surface area contributed by atoms with Gasteiger partial charge in [0, 0.05) is 39.6 Å². The van der Waals surface area contributed by atoms with E-state index in [9.17, 15) is 0 Å². The Labute approximate surface area is 168 Å². The topological polar surface area (TPSA) is 58.3 Å². The van der Waals surface area contributed by atoms with Crippen molar-refractivity contribution < 1.29 is 0 Å². The number of likely N-dealkylation sites (tertiary alicyclic amines) is 1. The van der Waals surface area contributed by atoms with Crippen molar-refractivity contribution in [3.63, 3.8) is 0 Å². The maximum atomic E-state index is 4.54. The van der Waals surface area contributed by atoms with Gasteiger partial charge in [0.2, 0.25) is 0 Å². The lowest BCUT2D eigenvalue weighted by Crippen LogP contribution is -2.41. The first-order chi connectivity index (χ1) is 13.1. The van der Waals surface area contributed by atoms with Crippen LogP contribution in [0.15, 0.2) is 10.1 Å². The highest BCUT2D eigenvalue weighted by atomic mass is 32.2. The molecular weight excluding hydrogens is 356 g/mol. The summed E-state index contributed by atoms with van der Waals surface area (Å²) in [5.74, 6) is 2.78. The van der Waals surface area contributed by atoms with Crippen LogP contribution in [0.2, 0.25) is 0 Å². The molecule has 0 atom stereocenters. The molecule has 1 aliphatic heterocycles. The third-order valence-electron chi connectivity index (χ3n) is 6.00. The molecule has 0 unspecified atom stereocenters.